The molecule has 3 unspecified atom stereocenters. The summed E-state index contributed by atoms with van der Waals surface area (Å²) in [5.41, 5.74) is 0. The number of carbonyl (C=O) groups is 1. The molecule has 0 aliphatic rings. The summed E-state index contributed by atoms with van der Waals surface area (Å²) in [6.45, 7) is 0.245. The molecule has 120 valence electrons. The second-order valence-corrected chi connectivity index (χ2v) is 3.59. The molecule has 0 aliphatic carbocycles. The maximum atomic E-state index is 13.0. The molecule has 0 heterocycles. The van der Waals surface area contributed by atoms with Gasteiger partial charge in [-0.05, 0) is 6.92 Å². The standard InChI is InChI=1S/C9H10F8O3/c1-2-20-7(19)9(16,17)8(14,15)5(11)4(18)3(10)6(12)13/h3-6,18H,2H2,1H3. The first kappa shape index (κ1) is 18.9. The molecular weight excluding hydrogens is 308 g/mol. The van der Waals surface area contributed by atoms with Crippen molar-refractivity contribution in [3.63, 3.8) is 0 Å². The number of alkyl halides is 8. The summed E-state index contributed by atoms with van der Waals surface area (Å²) in [7, 11) is 0. The van der Waals surface area contributed by atoms with Crippen LogP contribution in [0, 0.1) is 0 Å². The third-order valence-electron chi connectivity index (χ3n) is 2.16. The molecule has 3 atom stereocenters. The number of aliphatic hydroxyl groups excluding tert-OH is 1. The monoisotopic (exact) mass is 318 g/mol. The molecule has 0 saturated heterocycles. The number of halogens is 8. The highest BCUT2D eigenvalue weighted by molar-refractivity contribution is 5.79. The molecule has 11 heteroatoms. The highest BCUT2D eigenvalue weighted by atomic mass is 19.3. The van der Waals surface area contributed by atoms with Gasteiger partial charge in [-0.2, -0.15) is 17.6 Å². The van der Waals surface area contributed by atoms with E-state index >= 15 is 0 Å². The third-order valence-corrected chi connectivity index (χ3v) is 2.16. The zero-order chi connectivity index (χ0) is 16.3. The molecule has 0 aliphatic heterocycles. The minimum Gasteiger partial charge on any atom is -0.461 e. The lowest BCUT2D eigenvalue weighted by Crippen LogP contribution is -2.58. The summed E-state index contributed by atoms with van der Waals surface area (Å²) in [5.74, 6) is -14.5. The van der Waals surface area contributed by atoms with Crippen molar-refractivity contribution in [2.45, 2.75) is 43.6 Å². The molecule has 0 aromatic rings. The Morgan fingerprint density at radius 3 is 1.95 bits per heavy atom. The van der Waals surface area contributed by atoms with Gasteiger partial charge in [-0.25, -0.2) is 22.4 Å². The minimum absolute atomic E-state index is 0.743. The second-order valence-electron chi connectivity index (χ2n) is 3.59. The van der Waals surface area contributed by atoms with E-state index in [1.807, 2.05) is 0 Å². The number of hydrogen-bond acceptors (Lipinski definition) is 3. The fourth-order valence-electron chi connectivity index (χ4n) is 1.06. The van der Waals surface area contributed by atoms with Gasteiger partial charge < -0.3 is 9.84 Å². The first-order valence-electron chi connectivity index (χ1n) is 5.08. The lowest BCUT2D eigenvalue weighted by Gasteiger charge is -2.30. The molecule has 20 heavy (non-hydrogen) atoms. The average molecular weight is 318 g/mol. The third kappa shape index (κ3) is 3.49. The maximum absolute atomic E-state index is 13.0. The lowest BCUT2D eigenvalue weighted by molar-refractivity contribution is -0.262. The summed E-state index contributed by atoms with van der Waals surface area (Å²) in [6.07, 6.45) is -16.1. The van der Waals surface area contributed by atoms with Crippen molar-refractivity contribution in [1.29, 1.82) is 0 Å². The zero-order valence-electron chi connectivity index (χ0n) is 9.80. The molecule has 0 aromatic carbocycles. The Bertz CT molecular complexity index is 335. The van der Waals surface area contributed by atoms with Crippen LogP contribution in [-0.4, -0.2) is 54.4 Å². The van der Waals surface area contributed by atoms with Crippen LogP contribution < -0.4 is 0 Å². The Kier molecular flexibility index (Phi) is 6.18. The molecule has 1 N–H and O–H groups in total. The topological polar surface area (TPSA) is 46.5 Å². The van der Waals surface area contributed by atoms with Gasteiger partial charge in [0.25, 0.3) is 6.43 Å². The number of esters is 1. The second kappa shape index (κ2) is 6.55. The highest BCUT2D eigenvalue weighted by Crippen LogP contribution is 2.41. The van der Waals surface area contributed by atoms with Crippen LogP contribution in [0.5, 0.6) is 0 Å². The van der Waals surface area contributed by atoms with E-state index in [4.69, 9.17) is 5.11 Å². The fraction of sp³-hybridized carbons (Fsp3) is 0.889. The van der Waals surface area contributed by atoms with Crippen LogP contribution in [-0.2, 0) is 9.53 Å². The summed E-state index contributed by atoms with van der Waals surface area (Å²) >= 11 is 0. The number of ether oxygens (including phenoxy) is 1. The van der Waals surface area contributed by atoms with Gasteiger partial charge in [-0.3, -0.25) is 0 Å². The Balaban J connectivity index is 5.24. The molecule has 0 fully saturated rings. The summed E-state index contributed by atoms with van der Waals surface area (Å²) in [5, 5.41) is 8.57. The van der Waals surface area contributed by atoms with Crippen molar-refractivity contribution < 1.29 is 49.8 Å². The van der Waals surface area contributed by atoms with Crippen molar-refractivity contribution in [2.24, 2.45) is 0 Å². The molecule has 0 amide bonds. The molecule has 0 aromatic heterocycles. The van der Waals surface area contributed by atoms with Crippen molar-refractivity contribution in [3.8, 4) is 0 Å². The van der Waals surface area contributed by atoms with E-state index in [9.17, 15) is 39.9 Å². The predicted molar refractivity (Wildman–Crippen MR) is 48.3 cm³/mol. The largest absolute Gasteiger partial charge is 0.461 e. The number of carbonyl (C=O) groups excluding carboxylic acids is 1. The number of rotatable bonds is 7. The summed E-state index contributed by atoms with van der Waals surface area (Å²) in [4.78, 5) is 10.6. The smallest absolute Gasteiger partial charge is 0.407 e. The van der Waals surface area contributed by atoms with Crippen molar-refractivity contribution in [2.75, 3.05) is 6.61 Å². The zero-order valence-corrected chi connectivity index (χ0v) is 9.80. The van der Waals surface area contributed by atoms with Gasteiger partial charge >= 0.3 is 17.8 Å². The summed E-state index contributed by atoms with van der Waals surface area (Å²) in [6, 6.07) is 0. The van der Waals surface area contributed by atoms with E-state index in [0.29, 0.717) is 0 Å². The average Bonchev–Trinajstić information content (AvgIpc) is 2.35. The van der Waals surface area contributed by atoms with Crippen LogP contribution in [0.2, 0.25) is 0 Å². The Morgan fingerprint density at radius 2 is 1.60 bits per heavy atom. The number of hydrogen-bond donors (Lipinski definition) is 1. The number of aliphatic hydroxyl groups is 1. The van der Waals surface area contributed by atoms with Crippen LogP contribution in [0.15, 0.2) is 0 Å². The van der Waals surface area contributed by atoms with E-state index < -0.39 is 49.3 Å². The van der Waals surface area contributed by atoms with E-state index in [-0.39, 0.29) is 0 Å². The molecular formula is C9H10F8O3. The summed E-state index contributed by atoms with van der Waals surface area (Å²) < 4.78 is 105. The van der Waals surface area contributed by atoms with E-state index in [2.05, 4.69) is 4.74 Å². The Morgan fingerprint density at radius 1 is 1.15 bits per heavy atom. The van der Waals surface area contributed by atoms with E-state index in [0.717, 1.165) is 6.92 Å². The Hall–Kier alpha value is -1.13. The van der Waals surface area contributed by atoms with Gasteiger partial charge in [0.2, 0.25) is 0 Å². The van der Waals surface area contributed by atoms with Crippen LogP contribution in [0.4, 0.5) is 35.1 Å². The molecule has 0 rings (SSSR count). The van der Waals surface area contributed by atoms with Crippen LogP contribution in [0.3, 0.4) is 0 Å². The maximum Gasteiger partial charge on any atom is 0.407 e. The van der Waals surface area contributed by atoms with E-state index in [1.54, 1.807) is 0 Å². The lowest BCUT2D eigenvalue weighted by atomic mass is 9.99. The molecule has 0 bridgehead atoms. The van der Waals surface area contributed by atoms with Crippen molar-refractivity contribution >= 4 is 5.97 Å². The Labute approximate surface area is 107 Å². The first-order chi connectivity index (χ1) is 8.91. The van der Waals surface area contributed by atoms with Gasteiger partial charge in [0.05, 0.1) is 6.61 Å². The van der Waals surface area contributed by atoms with Crippen LogP contribution >= 0.6 is 0 Å². The van der Waals surface area contributed by atoms with E-state index in [1.165, 1.54) is 0 Å². The SMILES string of the molecule is CCOC(=O)C(F)(F)C(F)(F)C(F)C(O)C(F)C(F)F. The minimum atomic E-state index is -5.93. The van der Waals surface area contributed by atoms with Crippen LogP contribution in [0.25, 0.3) is 0 Å². The molecule has 0 saturated carbocycles. The van der Waals surface area contributed by atoms with Crippen molar-refractivity contribution in [3.05, 3.63) is 0 Å². The van der Waals surface area contributed by atoms with Gasteiger partial charge in [-0.15, -0.1) is 0 Å². The normalized spacial score (nSPS) is 17.8. The molecule has 0 radical (unpaired) electrons. The van der Waals surface area contributed by atoms with Gasteiger partial charge in [0.1, 0.15) is 6.10 Å². The van der Waals surface area contributed by atoms with Crippen LogP contribution in [0.1, 0.15) is 6.92 Å². The first-order valence-corrected chi connectivity index (χ1v) is 5.08. The van der Waals surface area contributed by atoms with Gasteiger partial charge in [0.15, 0.2) is 12.3 Å². The molecule has 0 spiro atoms. The fourth-order valence-corrected chi connectivity index (χ4v) is 1.06. The highest BCUT2D eigenvalue weighted by Gasteiger charge is 2.70. The van der Waals surface area contributed by atoms with Gasteiger partial charge in [-0.1, -0.05) is 0 Å². The predicted octanol–water partition coefficient (Wildman–Crippen LogP) is 2.12. The van der Waals surface area contributed by atoms with Crippen molar-refractivity contribution in [1.82, 2.24) is 0 Å². The van der Waals surface area contributed by atoms with Gasteiger partial charge in [0, 0.05) is 0 Å². The quantitative estimate of drug-likeness (QED) is 0.578. The molecule has 3 nitrogen and oxygen atoms in total.